The summed E-state index contributed by atoms with van der Waals surface area (Å²) in [5.74, 6) is 0.128. The van der Waals surface area contributed by atoms with Crippen molar-refractivity contribution in [1.29, 1.82) is 0 Å². The van der Waals surface area contributed by atoms with Gasteiger partial charge in [-0.2, -0.15) is 0 Å². The first-order valence-corrected chi connectivity index (χ1v) is 14.2. The predicted molar refractivity (Wildman–Crippen MR) is 159 cm³/mol. The Balaban J connectivity index is 1.45. The molecule has 1 N–H and O–H groups in total. The lowest BCUT2D eigenvalue weighted by Crippen LogP contribution is -2.57. The molecule has 7 nitrogen and oxygen atoms in total. The Kier molecular flexibility index (Phi) is 7.43. The predicted octanol–water partition coefficient (Wildman–Crippen LogP) is 5.90. The molecule has 2 atom stereocenters. The van der Waals surface area contributed by atoms with Crippen LogP contribution in [0.5, 0.6) is 5.75 Å². The molecule has 2 amide bonds. The normalized spacial score (nSPS) is 19.5. The van der Waals surface area contributed by atoms with Crippen LogP contribution in [-0.2, 0) is 16.0 Å². The Morgan fingerprint density at radius 2 is 1.68 bits per heavy atom. The smallest absolute Gasteiger partial charge is 0.266 e. The first-order chi connectivity index (χ1) is 20.0. The lowest BCUT2D eigenvalue weighted by molar-refractivity contribution is -0.126. The van der Waals surface area contributed by atoms with Crippen molar-refractivity contribution >= 4 is 39.3 Å². The summed E-state index contributed by atoms with van der Waals surface area (Å²) in [6, 6.07) is 31.1. The largest absolute Gasteiger partial charge is 0.494 e. The quantitative estimate of drug-likeness (QED) is 0.208. The van der Waals surface area contributed by atoms with Crippen LogP contribution >= 0.6 is 15.9 Å². The summed E-state index contributed by atoms with van der Waals surface area (Å²) in [6.07, 6.45) is 0.0437. The van der Waals surface area contributed by atoms with Gasteiger partial charge in [-0.3, -0.25) is 9.59 Å². The van der Waals surface area contributed by atoms with Crippen LogP contribution in [0.25, 0.3) is 0 Å². The Morgan fingerprint density at radius 3 is 2.41 bits per heavy atom. The van der Waals surface area contributed by atoms with Crippen LogP contribution in [0.4, 0.5) is 5.69 Å². The van der Waals surface area contributed by atoms with Gasteiger partial charge in [0.15, 0.2) is 11.6 Å². The minimum Gasteiger partial charge on any atom is -0.494 e. The van der Waals surface area contributed by atoms with Gasteiger partial charge in [-0.1, -0.05) is 64.5 Å². The second kappa shape index (κ2) is 11.3. The number of carbonyl (C=O) groups is 2. The molecule has 2 heterocycles. The minimum absolute atomic E-state index is 0.0587. The van der Waals surface area contributed by atoms with Crippen molar-refractivity contribution in [3.63, 3.8) is 0 Å². The molecule has 2 aliphatic rings. The number of carbonyl (C=O) groups excluding carboxylic acids is 2. The molecule has 4 aromatic carbocycles. The first-order valence-electron chi connectivity index (χ1n) is 13.4. The van der Waals surface area contributed by atoms with E-state index in [4.69, 9.17) is 19.6 Å². The van der Waals surface area contributed by atoms with E-state index in [-0.39, 0.29) is 13.0 Å². The maximum absolute atomic E-state index is 14.6. The lowest BCUT2D eigenvalue weighted by atomic mass is 9.78. The Hall–Kier alpha value is -4.27. The van der Waals surface area contributed by atoms with Gasteiger partial charge >= 0.3 is 0 Å². The number of para-hydroxylation sites is 1. The van der Waals surface area contributed by atoms with Gasteiger partial charge in [0.25, 0.3) is 11.8 Å². The van der Waals surface area contributed by atoms with E-state index >= 15 is 0 Å². The second-order valence-corrected chi connectivity index (χ2v) is 10.9. The van der Waals surface area contributed by atoms with E-state index in [1.165, 1.54) is 4.90 Å². The number of rotatable bonds is 7. The van der Waals surface area contributed by atoms with Gasteiger partial charge in [-0.25, -0.2) is 9.89 Å². The summed E-state index contributed by atoms with van der Waals surface area (Å²) in [5.41, 5.74) is 1.85. The summed E-state index contributed by atoms with van der Waals surface area (Å²) in [6.45, 7) is 0.463. The van der Waals surface area contributed by atoms with Crippen molar-refractivity contribution in [3.05, 3.63) is 130 Å². The molecule has 0 saturated carbocycles. The number of hydrogen-bond acceptors (Lipinski definition) is 6. The van der Waals surface area contributed by atoms with Crippen molar-refractivity contribution in [3.8, 4) is 5.75 Å². The number of ether oxygens (including phenoxy) is 2. The highest BCUT2D eigenvalue weighted by molar-refractivity contribution is 9.10. The minimum atomic E-state index is -1.40. The van der Waals surface area contributed by atoms with Crippen molar-refractivity contribution in [2.45, 2.75) is 24.5 Å². The molecule has 8 heteroatoms. The van der Waals surface area contributed by atoms with Crippen molar-refractivity contribution in [2.24, 2.45) is 4.99 Å². The van der Waals surface area contributed by atoms with Crippen LogP contribution in [0.15, 0.2) is 113 Å². The monoisotopic (exact) mass is 610 g/mol. The van der Waals surface area contributed by atoms with Crippen LogP contribution in [0, 0.1) is 0 Å². The van der Waals surface area contributed by atoms with Crippen LogP contribution < -0.4 is 9.64 Å². The van der Waals surface area contributed by atoms with Crippen LogP contribution in [0.2, 0.25) is 0 Å². The van der Waals surface area contributed by atoms with E-state index in [1.807, 2.05) is 60.7 Å². The second-order valence-electron chi connectivity index (χ2n) is 9.96. The van der Waals surface area contributed by atoms with Gasteiger partial charge in [-0.15, -0.1) is 0 Å². The third-order valence-electron chi connectivity index (χ3n) is 7.30. The summed E-state index contributed by atoms with van der Waals surface area (Å²) < 4.78 is 13.1. The summed E-state index contributed by atoms with van der Waals surface area (Å²) in [5, 5.41) is 9.02. The molecule has 0 unspecified atom stereocenters. The van der Waals surface area contributed by atoms with E-state index in [9.17, 15) is 9.59 Å². The molecule has 0 aliphatic carbocycles. The molecule has 1 spiro atoms. The van der Waals surface area contributed by atoms with Crippen molar-refractivity contribution in [2.75, 3.05) is 18.1 Å². The number of aliphatic imine (C=N–C) groups is 1. The average Bonchev–Trinajstić information content (AvgIpc) is 3.39. The number of hydrogen-bond donors (Lipinski definition) is 1. The fourth-order valence-corrected chi connectivity index (χ4v) is 5.55. The molecule has 0 radical (unpaired) electrons. The molecule has 0 aromatic heterocycles. The molecule has 2 aliphatic heterocycles. The maximum Gasteiger partial charge on any atom is 0.266 e. The van der Waals surface area contributed by atoms with Crippen LogP contribution in [0.1, 0.15) is 39.6 Å². The molecule has 206 valence electrons. The zero-order valence-electron chi connectivity index (χ0n) is 22.1. The Morgan fingerprint density at radius 1 is 0.976 bits per heavy atom. The van der Waals surface area contributed by atoms with E-state index < -0.39 is 23.5 Å². The molecule has 0 bridgehead atoms. The number of nitrogens with zero attached hydrogens (tertiary/aromatic N) is 2. The van der Waals surface area contributed by atoms with Crippen LogP contribution in [-0.4, -0.2) is 41.6 Å². The molecular formula is C33H27BrN2O5. The first kappa shape index (κ1) is 26.9. The van der Waals surface area contributed by atoms with Gasteiger partial charge in [0.2, 0.25) is 5.90 Å². The number of amides is 2. The number of fused-ring (bicyclic) bond motifs is 1. The number of halogens is 1. The molecule has 41 heavy (non-hydrogen) atoms. The van der Waals surface area contributed by atoms with E-state index in [1.54, 1.807) is 42.5 Å². The van der Waals surface area contributed by atoms with Gasteiger partial charge < -0.3 is 14.6 Å². The van der Waals surface area contributed by atoms with Gasteiger partial charge in [-0.05, 0) is 65.7 Å². The van der Waals surface area contributed by atoms with Gasteiger partial charge in [0, 0.05) is 35.0 Å². The number of anilines is 1. The summed E-state index contributed by atoms with van der Waals surface area (Å²) in [7, 11) is 0. The molecule has 6 rings (SSSR count). The SMILES string of the molecule is O=C(c1ccccc1)N1C(=O)[C@]2(Cc3ccccc31)N=C(c1ccc(OCCCO)cc1)O[C@@H]2c1ccc(Br)cc1. The fraction of sp³-hybridized carbons (Fsp3) is 0.182. The number of aliphatic hydroxyl groups excluding tert-OH is 1. The highest BCUT2D eigenvalue weighted by Gasteiger charge is 2.58. The number of imide groups is 1. The molecule has 0 saturated heterocycles. The highest BCUT2D eigenvalue weighted by atomic mass is 79.9. The van der Waals surface area contributed by atoms with Gasteiger partial charge in [0.1, 0.15) is 5.75 Å². The molecular weight excluding hydrogens is 584 g/mol. The Labute approximate surface area is 246 Å². The van der Waals surface area contributed by atoms with Crippen molar-refractivity contribution in [1.82, 2.24) is 0 Å². The number of benzene rings is 4. The maximum atomic E-state index is 14.6. The summed E-state index contributed by atoms with van der Waals surface area (Å²) >= 11 is 3.49. The lowest BCUT2D eigenvalue weighted by Gasteiger charge is -2.39. The standard InChI is InChI=1S/C33H27BrN2O5/c34-26-15-11-22(12-16-26)29-33(35-30(41-29)23-13-17-27(18-14-23)40-20-6-19-37)21-25-9-4-5-10-28(25)36(32(33)39)31(38)24-7-2-1-3-8-24/h1-5,7-18,29,37H,6,19-21H2/t29-,33-/m1/s1. The molecule has 0 fully saturated rings. The Bertz CT molecular complexity index is 1610. The highest BCUT2D eigenvalue weighted by Crippen LogP contribution is 2.48. The zero-order valence-corrected chi connectivity index (χ0v) is 23.7. The third-order valence-corrected chi connectivity index (χ3v) is 7.83. The van der Waals surface area contributed by atoms with Crippen molar-refractivity contribution < 1.29 is 24.2 Å². The topological polar surface area (TPSA) is 88.4 Å². The number of aliphatic hydroxyl groups is 1. The zero-order chi connectivity index (χ0) is 28.4. The van der Waals surface area contributed by atoms with Gasteiger partial charge in [0.05, 0.1) is 12.3 Å². The van der Waals surface area contributed by atoms with E-state index in [0.717, 1.165) is 15.6 Å². The average molecular weight is 611 g/mol. The molecule has 4 aromatic rings. The van der Waals surface area contributed by atoms with Crippen LogP contribution in [0.3, 0.4) is 0 Å². The fourth-order valence-electron chi connectivity index (χ4n) is 5.29. The van der Waals surface area contributed by atoms with E-state index in [0.29, 0.717) is 41.5 Å². The summed E-state index contributed by atoms with van der Waals surface area (Å²) in [4.78, 5) is 34.8. The third kappa shape index (κ3) is 5.05. The van der Waals surface area contributed by atoms with E-state index in [2.05, 4.69) is 15.9 Å².